The monoisotopic (exact) mass is 297 g/mol. The fourth-order valence-electron chi connectivity index (χ4n) is 3.29. The van der Waals surface area contributed by atoms with Gasteiger partial charge in [-0.15, -0.1) is 0 Å². The van der Waals surface area contributed by atoms with E-state index in [1.807, 2.05) is 0 Å². The van der Waals surface area contributed by atoms with E-state index in [9.17, 15) is 0 Å². The lowest BCUT2D eigenvalue weighted by molar-refractivity contribution is 0.658. The van der Waals surface area contributed by atoms with Crippen LogP contribution < -0.4 is 4.90 Å². The summed E-state index contributed by atoms with van der Waals surface area (Å²) in [5, 5.41) is 0. The van der Waals surface area contributed by atoms with E-state index in [2.05, 4.69) is 62.1 Å². The Hall–Kier alpha value is -1.50. The second-order valence-corrected chi connectivity index (χ2v) is 6.34. The molecule has 0 saturated heterocycles. The predicted octanol–water partition coefficient (Wildman–Crippen LogP) is 6.26. The maximum Gasteiger partial charge on any atom is 0.0440 e. The number of anilines is 1. The number of benzene rings is 1. The van der Waals surface area contributed by atoms with Crippen molar-refractivity contribution in [3.63, 3.8) is 0 Å². The van der Waals surface area contributed by atoms with Crippen LogP contribution in [-0.2, 0) is 6.42 Å². The first-order valence-electron chi connectivity index (χ1n) is 8.93. The van der Waals surface area contributed by atoms with Gasteiger partial charge in [0.25, 0.3) is 0 Å². The highest BCUT2D eigenvalue weighted by Crippen LogP contribution is 2.33. The molecule has 0 bridgehead atoms. The van der Waals surface area contributed by atoms with Crippen LogP contribution in [0.4, 0.5) is 5.69 Å². The van der Waals surface area contributed by atoms with E-state index in [0.717, 1.165) is 13.0 Å². The molecule has 1 aliphatic rings. The molecule has 1 aliphatic heterocycles. The first-order chi connectivity index (χ1) is 10.8. The number of aryl methyl sites for hydroxylation is 1. The summed E-state index contributed by atoms with van der Waals surface area (Å²) in [6.07, 6.45) is 13.2. The summed E-state index contributed by atoms with van der Waals surface area (Å²) >= 11 is 0. The number of allylic oxidation sites excluding steroid dienone is 3. The molecule has 120 valence electrons. The summed E-state index contributed by atoms with van der Waals surface area (Å²) in [6.45, 7) is 7.87. The molecule has 1 nitrogen and oxygen atoms in total. The molecule has 1 aromatic rings. The molecule has 0 saturated carbocycles. The number of para-hydroxylation sites is 1. The molecule has 0 amide bonds. The Morgan fingerprint density at radius 3 is 2.68 bits per heavy atom. The van der Waals surface area contributed by atoms with Crippen molar-refractivity contribution >= 4 is 5.69 Å². The van der Waals surface area contributed by atoms with Gasteiger partial charge in [0.1, 0.15) is 0 Å². The highest BCUT2D eigenvalue weighted by atomic mass is 15.1. The van der Waals surface area contributed by atoms with Crippen LogP contribution in [0.25, 0.3) is 0 Å². The van der Waals surface area contributed by atoms with E-state index in [1.54, 1.807) is 5.57 Å². The van der Waals surface area contributed by atoms with Crippen molar-refractivity contribution in [3.05, 3.63) is 53.3 Å². The molecule has 1 aromatic carbocycles. The minimum Gasteiger partial charge on any atom is -0.345 e. The van der Waals surface area contributed by atoms with Gasteiger partial charge in [0.2, 0.25) is 0 Å². The fraction of sp³-hybridized carbons (Fsp3) is 0.524. The Morgan fingerprint density at radius 2 is 1.91 bits per heavy atom. The van der Waals surface area contributed by atoms with Gasteiger partial charge in [-0.05, 0) is 44.7 Å². The average molecular weight is 297 g/mol. The Balaban J connectivity index is 2.26. The zero-order valence-electron chi connectivity index (χ0n) is 14.6. The molecule has 2 rings (SSSR count). The highest BCUT2D eigenvalue weighted by Gasteiger charge is 2.19. The van der Waals surface area contributed by atoms with Crippen LogP contribution in [0.15, 0.2) is 47.7 Å². The summed E-state index contributed by atoms with van der Waals surface area (Å²) in [5.74, 6) is 0. The maximum absolute atomic E-state index is 2.60. The third-order valence-electron chi connectivity index (χ3n) is 4.65. The largest absolute Gasteiger partial charge is 0.345 e. The van der Waals surface area contributed by atoms with Crippen molar-refractivity contribution < 1.29 is 0 Å². The zero-order chi connectivity index (χ0) is 15.8. The van der Waals surface area contributed by atoms with E-state index in [4.69, 9.17) is 0 Å². The van der Waals surface area contributed by atoms with Crippen molar-refractivity contribution in [1.29, 1.82) is 0 Å². The van der Waals surface area contributed by atoms with Gasteiger partial charge in [-0.25, -0.2) is 0 Å². The van der Waals surface area contributed by atoms with Crippen molar-refractivity contribution in [2.75, 3.05) is 11.4 Å². The molecule has 1 heterocycles. The van der Waals surface area contributed by atoms with E-state index in [0.29, 0.717) is 0 Å². The van der Waals surface area contributed by atoms with E-state index < -0.39 is 0 Å². The molecule has 22 heavy (non-hydrogen) atoms. The second kappa shape index (κ2) is 8.82. The molecule has 0 aliphatic carbocycles. The minimum absolute atomic E-state index is 1.06. The third kappa shape index (κ3) is 4.25. The Kier molecular flexibility index (Phi) is 6.76. The van der Waals surface area contributed by atoms with Gasteiger partial charge in [-0.1, -0.05) is 62.1 Å². The smallest absolute Gasteiger partial charge is 0.0440 e. The standard InChI is InChI=1S/C21H31N/c1-4-6-8-11-17-22-20(13-7-5-2)18(3)15-16-19-12-9-10-14-21(19)22/h5,7,9-10,12,14H,4,6,8,11,13,15-17H2,1-3H3/b7-5-. The van der Waals surface area contributed by atoms with E-state index in [-0.39, 0.29) is 0 Å². The lowest BCUT2D eigenvalue weighted by Crippen LogP contribution is -2.24. The van der Waals surface area contributed by atoms with Gasteiger partial charge in [0, 0.05) is 24.4 Å². The second-order valence-electron chi connectivity index (χ2n) is 6.34. The number of unbranched alkanes of at least 4 members (excludes halogenated alkanes) is 3. The number of fused-ring (bicyclic) bond motifs is 1. The predicted molar refractivity (Wildman–Crippen MR) is 98.4 cm³/mol. The van der Waals surface area contributed by atoms with Gasteiger partial charge >= 0.3 is 0 Å². The molecule has 0 fully saturated rings. The lowest BCUT2D eigenvalue weighted by Gasteiger charge is -2.29. The van der Waals surface area contributed by atoms with Crippen LogP contribution in [0, 0.1) is 0 Å². The van der Waals surface area contributed by atoms with Crippen LogP contribution in [0.1, 0.15) is 64.9 Å². The van der Waals surface area contributed by atoms with Crippen LogP contribution in [0.5, 0.6) is 0 Å². The molecule has 0 aromatic heterocycles. The van der Waals surface area contributed by atoms with Crippen molar-refractivity contribution in [3.8, 4) is 0 Å². The Morgan fingerprint density at radius 1 is 1.09 bits per heavy atom. The Labute approximate surface area is 136 Å². The van der Waals surface area contributed by atoms with Crippen LogP contribution in [-0.4, -0.2) is 6.54 Å². The van der Waals surface area contributed by atoms with Gasteiger partial charge < -0.3 is 4.90 Å². The van der Waals surface area contributed by atoms with E-state index in [1.165, 1.54) is 55.5 Å². The van der Waals surface area contributed by atoms with Gasteiger partial charge in [0.05, 0.1) is 0 Å². The van der Waals surface area contributed by atoms with Gasteiger partial charge in [-0.2, -0.15) is 0 Å². The van der Waals surface area contributed by atoms with Gasteiger partial charge in [-0.3, -0.25) is 0 Å². The maximum atomic E-state index is 2.60. The average Bonchev–Trinajstić information content (AvgIpc) is 2.67. The third-order valence-corrected chi connectivity index (χ3v) is 4.65. The summed E-state index contributed by atoms with van der Waals surface area (Å²) in [5.41, 5.74) is 6.03. The molecule has 1 heteroatoms. The SMILES string of the molecule is C/C=C\CC1=C(C)CCc2ccccc2N1CCCCCC. The van der Waals surface area contributed by atoms with E-state index >= 15 is 0 Å². The van der Waals surface area contributed by atoms with Crippen LogP contribution in [0.2, 0.25) is 0 Å². The molecular weight excluding hydrogens is 266 g/mol. The number of hydrogen-bond acceptors (Lipinski definition) is 1. The first kappa shape index (κ1) is 16.9. The zero-order valence-corrected chi connectivity index (χ0v) is 14.6. The minimum atomic E-state index is 1.06. The quantitative estimate of drug-likeness (QED) is 0.424. The summed E-state index contributed by atoms with van der Waals surface area (Å²) in [6, 6.07) is 8.98. The number of hydrogen-bond donors (Lipinski definition) is 0. The topological polar surface area (TPSA) is 3.24 Å². The summed E-state index contributed by atoms with van der Waals surface area (Å²) < 4.78 is 0. The Bertz CT molecular complexity index is 524. The lowest BCUT2D eigenvalue weighted by atomic mass is 10.1. The molecular formula is C21H31N. The molecule has 0 atom stereocenters. The first-order valence-corrected chi connectivity index (χ1v) is 8.93. The normalized spacial score (nSPS) is 15.3. The summed E-state index contributed by atoms with van der Waals surface area (Å²) in [4.78, 5) is 2.60. The van der Waals surface area contributed by atoms with Crippen LogP contribution >= 0.6 is 0 Å². The van der Waals surface area contributed by atoms with Crippen molar-refractivity contribution in [1.82, 2.24) is 0 Å². The fourth-order valence-corrected chi connectivity index (χ4v) is 3.29. The molecule has 0 N–H and O–H groups in total. The molecule has 0 radical (unpaired) electrons. The molecule has 0 unspecified atom stereocenters. The van der Waals surface area contributed by atoms with Crippen molar-refractivity contribution in [2.45, 2.75) is 65.7 Å². The number of rotatable bonds is 7. The van der Waals surface area contributed by atoms with Crippen molar-refractivity contribution in [2.24, 2.45) is 0 Å². The van der Waals surface area contributed by atoms with Crippen LogP contribution in [0.3, 0.4) is 0 Å². The number of nitrogens with zero attached hydrogens (tertiary/aromatic N) is 1. The highest BCUT2D eigenvalue weighted by molar-refractivity contribution is 5.60. The summed E-state index contributed by atoms with van der Waals surface area (Å²) in [7, 11) is 0. The van der Waals surface area contributed by atoms with Gasteiger partial charge in [0.15, 0.2) is 0 Å². The molecule has 0 spiro atoms.